The zero-order valence-corrected chi connectivity index (χ0v) is 22.6. The first-order valence-corrected chi connectivity index (χ1v) is 13.3. The number of benzene rings is 1. The lowest BCUT2D eigenvalue weighted by molar-refractivity contribution is 0.0254. The number of pyridine rings is 1. The second-order valence-corrected chi connectivity index (χ2v) is 10.9. The van der Waals surface area contributed by atoms with Crippen LogP contribution in [-0.2, 0) is 9.47 Å². The predicted octanol–water partition coefficient (Wildman–Crippen LogP) is 5.30. The SMILES string of the molecule is CC(C)(C)OC(=O)N1CCC(n2cc(Nc3cc(-c4ccc(OC5CCOCC5)c(C#N)c4)ccn3)cn2)C1. The lowest BCUT2D eigenvalue weighted by Crippen LogP contribution is -2.35. The number of carbonyl (C=O) groups is 1. The highest BCUT2D eigenvalue weighted by Gasteiger charge is 2.31. The van der Waals surface area contributed by atoms with E-state index in [1.54, 1.807) is 17.3 Å². The maximum atomic E-state index is 12.4. The van der Waals surface area contributed by atoms with Crippen LogP contribution in [0.4, 0.5) is 16.3 Å². The third-order valence-electron chi connectivity index (χ3n) is 6.72. The molecular weight excluding hydrogens is 496 g/mol. The quantitative estimate of drug-likeness (QED) is 0.457. The van der Waals surface area contributed by atoms with Crippen molar-refractivity contribution in [3.8, 4) is 22.9 Å². The van der Waals surface area contributed by atoms with Gasteiger partial charge in [-0.15, -0.1) is 0 Å². The van der Waals surface area contributed by atoms with Crippen LogP contribution < -0.4 is 10.1 Å². The van der Waals surface area contributed by atoms with E-state index >= 15 is 0 Å². The number of hydrogen-bond donors (Lipinski definition) is 1. The minimum Gasteiger partial charge on any atom is -0.489 e. The van der Waals surface area contributed by atoms with Crippen LogP contribution >= 0.6 is 0 Å². The summed E-state index contributed by atoms with van der Waals surface area (Å²) < 4.78 is 18.9. The summed E-state index contributed by atoms with van der Waals surface area (Å²) in [6.45, 7) is 8.16. The molecule has 4 heterocycles. The Balaban J connectivity index is 1.23. The van der Waals surface area contributed by atoms with Gasteiger partial charge >= 0.3 is 6.09 Å². The van der Waals surface area contributed by atoms with Crippen LogP contribution in [0.15, 0.2) is 48.9 Å². The molecule has 0 saturated carbocycles. The molecule has 0 spiro atoms. The fourth-order valence-corrected chi connectivity index (χ4v) is 4.75. The van der Waals surface area contributed by atoms with Gasteiger partial charge in [-0.25, -0.2) is 9.78 Å². The van der Waals surface area contributed by atoms with Crippen LogP contribution in [0.2, 0.25) is 0 Å². The first-order valence-electron chi connectivity index (χ1n) is 13.3. The van der Waals surface area contributed by atoms with Crippen molar-refractivity contribution in [3.05, 3.63) is 54.5 Å². The Morgan fingerprint density at radius 1 is 1.15 bits per heavy atom. The van der Waals surface area contributed by atoms with Crippen molar-refractivity contribution in [2.75, 3.05) is 31.6 Å². The van der Waals surface area contributed by atoms with Crippen molar-refractivity contribution < 1.29 is 19.0 Å². The van der Waals surface area contributed by atoms with E-state index in [0.29, 0.717) is 43.4 Å². The Labute approximate surface area is 228 Å². The summed E-state index contributed by atoms with van der Waals surface area (Å²) >= 11 is 0. The molecule has 5 rings (SSSR count). The zero-order chi connectivity index (χ0) is 27.4. The summed E-state index contributed by atoms with van der Waals surface area (Å²) in [6.07, 6.45) is 7.64. The molecule has 10 heteroatoms. The third kappa shape index (κ3) is 6.67. The molecule has 39 heavy (non-hydrogen) atoms. The number of ether oxygens (including phenoxy) is 3. The zero-order valence-electron chi connectivity index (χ0n) is 22.6. The number of nitrogens with zero attached hydrogens (tertiary/aromatic N) is 5. The van der Waals surface area contributed by atoms with Gasteiger partial charge in [0.25, 0.3) is 0 Å². The molecule has 204 valence electrons. The summed E-state index contributed by atoms with van der Waals surface area (Å²) in [5.41, 5.74) is 2.62. The van der Waals surface area contributed by atoms with Gasteiger partial charge < -0.3 is 24.4 Å². The van der Waals surface area contributed by atoms with Gasteiger partial charge in [0.05, 0.1) is 36.7 Å². The van der Waals surface area contributed by atoms with Crippen LogP contribution in [0.5, 0.6) is 5.75 Å². The minimum absolute atomic E-state index is 0.0685. The molecule has 10 nitrogen and oxygen atoms in total. The Bertz CT molecular complexity index is 1350. The van der Waals surface area contributed by atoms with Crippen molar-refractivity contribution >= 4 is 17.6 Å². The molecular formula is C29H34N6O4. The Hall–Kier alpha value is -4.10. The minimum atomic E-state index is -0.518. The van der Waals surface area contributed by atoms with Crippen molar-refractivity contribution in [3.63, 3.8) is 0 Å². The second-order valence-electron chi connectivity index (χ2n) is 10.9. The molecule has 0 aliphatic carbocycles. The van der Waals surface area contributed by atoms with E-state index in [-0.39, 0.29) is 18.2 Å². The fourth-order valence-electron chi connectivity index (χ4n) is 4.75. The number of likely N-dealkylation sites (tertiary alicyclic amines) is 1. The highest BCUT2D eigenvalue weighted by Crippen LogP contribution is 2.30. The van der Waals surface area contributed by atoms with Gasteiger partial charge in [-0.1, -0.05) is 6.07 Å². The number of amides is 1. The summed E-state index contributed by atoms with van der Waals surface area (Å²) in [5.74, 6) is 1.26. The molecule has 0 radical (unpaired) electrons. The van der Waals surface area contributed by atoms with Crippen LogP contribution in [0.1, 0.15) is 51.6 Å². The highest BCUT2D eigenvalue weighted by molar-refractivity contribution is 5.71. The fraction of sp³-hybridized carbons (Fsp3) is 0.448. The Morgan fingerprint density at radius 2 is 1.95 bits per heavy atom. The van der Waals surface area contributed by atoms with Crippen molar-refractivity contribution in [1.29, 1.82) is 5.26 Å². The normalized spacial score (nSPS) is 18.0. The van der Waals surface area contributed by atoms with Gasteiger partial charge in [0, 0.05) is 38.3 Å². The average molecular weight is 531 g/mol. The van der Waals surface area contributed by atoms with E-state index in [4.69, 9.17) is 14.2 Å². The first kappa shape index (κ1) is 26.5. The molecule has 2 aliphatic heterocycles. The molecule has 1 amide bonds. The molecule has 1 N–H and O–H groups in total. The standard InChI is InChI=1S/C29H34N6O4/c1-29(2,3)39-28(36)34-11-7-24(19-34)35-18-23(17-32-35)33-27-15-21(6-10-31-27)20-4-5-26(22(14-20)16-30)38-25-8-12-37-13-9-25/h4-6,10,14-15,17-18,24-25H,7-9,11-13,19H2,1-3H3,(H,31,33). The third-order valence-corrected chi connectivity index (χ3v) is 6.72. The second kappa shape index (κ2) is 11.3. The molecule has 3 aromatic rings. The number of carbonyl (C=O) groups excluding carboxylic acids is 1. The maximum Gasteiger partial charge on any atom is 0.410 e. The van der Waals surface area contributed by atoms with E-state index in [1.165, 1.54) is 0 Å². The van der Waals surface area contributed by atoms with Gasteiger partial charge in [0.2, 0.25) is 0 Å². The molecule has 2 aliphatic rings. The highest BCUT2D eigenvalue weighted by atomic mass is 16.6. The molecule has 2 fully saturated rings. The Morgan fingerprint density at radius 3 is 2.72 bits per heavy atom. The van der Waals surface area contributed by atoms with Gasteiger partial charge in [0.15, 0.2) is 0 Å². The van der Waals surface area contributed by atoms with Gasteiger partial charge in [-0.3, -0.25) is 4.68 Å². The van der Waals surface area contributed by atoms with E-state index in [9.17, 15) is 10.1 Å². The number of nitrogens with one attached hydrogen (secondary N) is 1. The summed E-state index contributed by atoms with van der Waals surface area (Å²) in [4.78, 5) is 18.6. The molecule has 2 saturated heterocycles. The van der Waals surface area contributed by atoms with E-state index in [1.807, 2.05) is 62.0 Å². The number of hydrogen-bond acceptors (Lipinski definition) is 8. The van der Waals surface area contributed by atoms with Crippen LogP contribution in [-0.4, -0.2) is 63.8 Å². The van der Waals surface area contributed by atoms with Gasteiger partial charge in [-0.2, -0.15) is 10.4 Å². The molecule has 1 unspecified atom stereocenters. The topological polar surface area (TPSA) is 115 Å². The van der Waals surface area contributed by atoms with E-state index in [0.717, 1.165) is 36.1 Å². The van der Waals surface area contributed by atoms with E-state index in [2.05, 4.69) is 21.5 Å². The number of rotatable bonds is 6. The van der Waals surface area contributed by atoms with Crippen LogP contribution in [0.25, 0.3) is 11.1 Å². The van der Waals surface area contributed by atoms with Gasteiger partial charge in [-0.05, 0) is 62.6 Å². The summed E-state index contributed by atoms with van der Waals surface area (Å²) in [5, 5.41) is 17.6. The molecule has 2 aromatic heterocycles. The predicted molar refractivity (Wildman–Crippen MR) is 146 cm³/mol. The smallest absolute Gasteiger partial charge is 0.410 e. The maximum absolute atomic E-state index is 12.4. The van der Waals surface area contributed by atoms with Crippen LogP contribution in [0, 0.1) is 11.3 Å². The van der Waals surface area contributed by atoms with Crippen LogP contribution in [0.3, 0.4) is 0 Å². The monoisotopic (exact) mass is 530 g/mol. The first-order chi connectivity index (χ1) is 18.8. The van der Waals surface area contributed by atoms with Crippen molar-refractivity contribution in [2.24, 2.45) is 0 Å². The number of nitriles is 1. The molecule has 1 atom stereocenters. The summed E-state index contributed by atoms with van der Waals surface area (Å²) in [7, 11) is 0. The number of anilines is 2. The molecule has 0 bridgehead atoms. The average Bonchev–Trinajstić information content (AvgIpc) is 3.59. The lowest BCUT2D eigenvalue weighted by atomic mass is 10.0. The lowest BCUT2D eigenvalue weighted by Gasteiger charge is -2.24. The van der Waals surface area contributed by atoms with Crippen molar-refractivity contribution in [2.45, 2.75) is 57.8 Å². The largest absolute Gasteiger partial charge is 0.489 e. The molecule has 1 aromatic carbocycles. The Kier molecular flexibility index (Phi) is 7.70. The van der Waals surface area contributed by atoms with Gasteiger partial charge in [0.1, 0.15) is 29.3 Å². The van der Waals surface area contributed by atoms with E-state index < -0.39 is 5.60 Å². The summed E-state index contributed by atoms with van der Waals surface area (Å²) in [6, 6.07) is 11.9. The number of aromatic nitrogens is 3. The van der Waals surface area contributed by atoms with Crippen molar-refractivity contribution in [1.82, 2.24) is 19.7 Å².